The van der Waals surface area contributed by atoms with E-state index in [1.54, 1.807) is 6.20 Å². The molecule has 0 amide bonds. The maximum absolute atomic E-state index is 12.6. The van der Waals surface area contributed by atoms with Crippen LogP contribution in [0.3, 0.4) is 0 Å². The van der Waals surface area contributed by atoms with Gasteiger partial charge in [0.25, 0.3) is 0 Å². The number of hydrogen-bond acceptors (Lipinski definition) is 4. The van der Waals surface area contributed by atoms with Crippen molar-refractivity contribution in [1.82, 2.24) is 14.9 Å². The lowest BCUT2D eigenvalue weighted by Crippen LogP contribution is -2.47. The Morgan fingerprint density at radius 3 is 2.33 bits per heavy atom. The Labute approximate surface area is 138 Å². The van der Waals surface area contributed by atoms with E-state index in [0.717, 1.165) is 38.4 Å². The monoisotopic (exact) mass is 336 g/mol. The Balaban J connectivity index is 1.61. The molecule has 24 heavy (non-hydrogen) atoms. The lowest BCUT2D eigenvalue weighted by molar-refractivity contribution is -0.137. The minimum absolute atomic E-state index is 0.265. The summed E-state index contributed by atoms with van der Waals surface area (Å²) < 4.78 is 37.8. The number of anilines is 1. The van der Waals surface area contributed by atoms with Crippen molar-refractivity contribution in [3.05, 3.63) is 54.0 Å². The van der Waals surface area contributed by atoms with E-state index in [1.807, 2.05) is 17.2 Å². The van der Waals surface area contributed by atoms with Gasteiger partial charge in [-0.2, -0.15) is 13.2 Å². The number of halogens is 3. The highest BCUT2D eigenvalue weighted by Gasteiger charge is 2.31. The lowest BCUT2D eigenvalue weighted by Gasteiger charge is -2.38. The fraction of sp³-hybridized carbons (Fsp3) is 0.412. The maximum Gasteiger partial charge on any atom is 0.417 e. The van der Waals surface area contributed by atoms with Gasteiger partial charge >= 0.3 is 6.18 Å². The summed E-state index contributed by atoms with van der Waals surface area (Å²) in [7, 11) is 0. The van der Waals surface area contributed by atoms with Crippen LogP contribution in [-0.4, -0.2) is 41.0 Å². The molecule has 2 aromatic heterocycles. The molecule has 0 bridgehead atoms. The molecular formula is C17H19F3N4. The summed E-state index contributed by atoms with van der Waals surface area (Å²) in [5.41, 5.74) is 0.452. The van der Waals surface area contributed by atoms with Crippen LogP contribution in [0.4, 0.5) is 19.0 Å². The summed E-state index contributed by atoms with van der Waals surface area (Å²) in [6, 6.07) is 6.78. The van der Waals surface area contributed by atoms with E-state index in [1.165, 1.54) is 11.6 Å². The molecule has 0 N–H and O–H groups in total. The van der Waals surface area contributed by atoms with Crippen molar-refractivity contribution < 1.29 is 13.2 Å². The average molecular weight is 336 g/mol. The van der Waals surface area contributed by atoms with Gasteiger partial charge in [-0.25, -0.2) is 4.98 Å². The molecular weight excluding hydrogens is 317 g/mol. The van der Waals surface area contributed by atoms with Crippen molar-refractivity contribution in [1.29, 1.82) is 0 Å². The third kappa shape index (κ3) is 3.67. The van der Waals surface area contributed by atoms with Gasteiger partial charge in [0.2, 0.25) is 0 Å². The lowest BCUT2D eigenvalue weighted by atomic mass is 10.1. The molecule has 1 unspecified atom stereocenters. The molecule has 0 aliphatic carbocycles. The third-order valence-electron chi connectivity index (χ3n) is 4.43. The summed E-state index contributed by atoms with van der Waals surface area (Å²) in [4.78, 5) is 12.5. The van der Waals surface area contributed by atoms with Gasteiger partial charge in [-0.1, -0.05) is 6.07 Å². The highest BCUT2D eigenvalue weighted by Crippen LogP contribution is 2.29. The quantitative estimate of drug-likeness (QED) is 0.860. The second kappa shape index (κ2) is 6.76. The smallest absolute Gasteiger partial charge is 0.354 e. The van der Waals surface area contributed by atoms with Gasteiger partial charge in [0, 0.05) is 50.8 Å². The second-order valence-electron chi connectivity index (χ2n) is 5.89. The van der Waals surface area contributed by atoms with Crippen LogP contribution in [0.5, 0.6) is 0 Å². The number of hydrogen-bond donors (Lipinski definition) is 0. The Bertz CT molecular complexity index is 650. The first-order valence-electron chi connectivity index (χ1n) is 7.87. The van der Waals surface area contributed by atoms with Crippen LogP contribution in [0.1, 0.15) is 24.1 Å². The van der Waals surface area contributed by atoms with Crippen molar-refractivity contribution >= 4 is 5.82 Å². The number of rotatable bonds is 3. The summed E-state index contributed by atoms with van der Waals surface area (Å²) in [5, 5.41) is 0. The molecule has 0 aromatic carbocycles. The highest BCUT2D eigenvalue weighted by atomic mass is 19.4. The molecule has 1 aliphatic rings. The van der Waals surface area contributed by atoms with Gasteiger partial charge in [-0.15, -0.1) is 0 Å². The third-order valence-corrected chi connectivity index (χ3v) is 4.43. The van der Waals surface area contributed by atoms with Crippen molar-refractivity contribution in [2.45, 2.75) is 19.1 Å². The average Bonchev–Trinajstić information content (AvgIpc) is 2.61. The summed E-state index contributed by atoms with van der Waals surface area (Å²) in [6.07, 6.45) is 0.183. The van der Waals surface area contributed by atoms with Crippen LogP contribution >= 0.6 is 0 Å². The molecule has 1 fully saturated rings. The second-order valence-corrected chi connectivity index (χ2v) is 5.89. The summed E-state index contributed by atoms with van der Waals surface area (Å²) in [6.45, 7) is 5.28. The van der Waals surface area contributed by atoms with E-state index < -0.39 is 11.7 Å². The Morgan fingerprint density at radius 2 is 1.79 bits per heavy atom. The van der Waals surface area contributed by atoms with Crippen molar-refractivity contribution in [3.8, 4) is 0 Å². The number of pyridine rings is 2. The zero-order valence-electron chi connectivity index (χ0n) is 13.4. The number of piperazine rings is 1. The van der Waals surface area contributed by atoms with E-state index in [4.69, 9.17) is 0 Å². The van der Waals surface area contributed by atoms with Crippen molar-refractivity contribution in [2.24, 2.45) is 0 Å². The van der Waals surface area contributed by atoms with E-state index in [-0.39, 0.29) is 6.04 Å². The van der Waals surface area contributed by atoms with Crippen LogP contribution in [0, 0.1) is 0 Å². The first kappa shape index (κ1) is 16.7. The molecule has 7 heteroatoms. The van der Waals surface area contributed by atoms with E-state index in [2.05, 4.69) is 27.9 Å². The largest absolute Gasteiger partial charge is 0.417 e. The Morgan fingerprint density at radius 1 is 1.04 bits per heavy atom. The minimum Gasteiger partial charge on any atom is -0.354 e. The topological polar surface area (TPSA) is 32.3 Å². The first-order valence-corrected chi connectivity index (χ1v) is 7.87. The van der Waals surface area contributed by atoms with Gasteiger partial charge in [-0.05, 0) is 30.7 Å². The van der Waals surface area contributed by atoms with Crippen molar-refractivity contribution in [2.75, 3.05) is 31.1 Å². The molecule has 0 saturated carbocycles. The first-order chi connectivity index (χ1) is 11.4. The predicted molar refractivity (Wildman–Crippen MR) is 85.7 cm³/mol. The number of alkyl halides is 3. The fourth-order valence-corrected chi connectivity index (χ4v) is 2.91. The molecule has 1 atom stereocenters. The zero-order valence-corrected chi connectivity index (χ0v) is 13.4. The molecule has 0 spiro atoms. The van der Waals surface area contributed by atoms with Gasteiger partial charge in [0.15, 0.2) is 0 Å². The van der Waals surface area contributed by atoms with Crippen LogP contribution in [0.2, 0.25) is 0 Å². The number of aromatic nitrogens is 2. The van der Waals surface area contributed by atoms with Gasteiger partial charge < -0.3 is 4.90 Å². The molecule has 0 radical (unpaired) electrons. The Kier molecular flexibility index (Phi) is 4.71. The predicted octanol–water partition coefficient (Wildman–Crippen LogP) is 3.38. The molecule has 3 rings (SSSR count). The maximum atomic E-state index is 12.6. The zero-order chi connectivity index (χ0) is 17.2. The normalized spacial score (nSPS) is 17.8. The van der Waals surface area contributed by atoms with E-state index in [9.17, 15) is 13.2 Å². The van der Waals surface area contributed by atoms with Crippen LogP contribution in [0.15, 0.2) is 42.9 Å². The highest BCUT2D eigenvalue weighted by molar-refractivity contribution is 5.40. The van der Waals surface area contributed by atoms with Gasteiger partial charge in [-0.3, -0.25) is 9.88 Å². The standard InChI is InChI=1S/C17H19F3N4/c1-13(14-3-2-6-21-11-14)23-7-9-24(10-8-23)16-5-4-15(12-22-16)17(18,19)20/h2-6,11-13H,7-10H2,1H3. The molecule has 4 nitrogen and oxygen atoms in total. The van der Waals surface area contributed by atoms with Crippen LogP contribution < -0.4 is 4.90 Å². The van der Waals surface area contributed by atoms with Crippen molar-refractivity contribution in [3.63, 3.8) is 0 Å². The van der Waals surface area contributed by atoms with Gasteiger partial charge in [0.05, 0.1) is 5.56 Å². The molecule has 3 heterocycles. The minimum atomic E-state index is -4.34. The molecule has 1 saturated heterocycles. The van der Waals surface area contributed by atoms with E-state index >= 15 is 0 Å². The SMILES string of the molecule is CC(c1cccnc1)N1CCN(c2ccc(C(F)(F)F)cn2)CC1. The van der Waals surface area contributed by atoms with Gasteiger partial charge in [0.1, 0.15) is 5.82 Å². The molecule has 2 aromatic rings. The Hall–Kier alpha value is -2.15. The van der Waals surface area contributed by atoms with E-state index in [0.29, 0.717) is 5.82 Å². The summed E-state index contributed by atoms with van der Waals surface area (Å²) in [5.74, 6) is 0.594. The summed E-state index contributed by atoms with van der Waals surface area (Å²) >= 11 is 0. The van der Waals surface area contributed by atoms with Crippen LogP contribution in [0.25, 0.3) is 0 Å². The number of nitrogens with zero attached hydrogens (tertiary/aromatic N) is 4. The molecule has 1 aliphatic heterocycles. The van der Waals surface area contributed by atoms with Crippen LogP contribution in [-0.2, 0) is 6.18 Å². The fourth-order valence-electron chi connectivity index (χ4n) is 2.91. The molecule has 128 valence electrons.